The monoisotopic (exact) mass is 266 g/mol. The SMILES string of the molecule is Cn1ccnc1CCN(CC(N)=S)C1CCCC1. The van der Waals surface area contributed by atoms with Crippen molar-refractivity contribution >= 4 is 17.2 Å². The van der Waals surface area contributed by atoms with Crippen LogP contribution in [0.15, 0.2) is 12.4 Å². The molecule has 0 amide bonds. The highest BCUT2D eigenvalue weighted by molar-refractivity contribution is 7.80. The van der Waals surface area contributed by atoms with E-state index in [1.807, 2.05) is 19.4 Å². The second kappa shape index (κ2) is 6.29. The predicted molar refractivity (Wildman–Crippen MR) is 77.5 cm³/mol. The second-order valence-electron chi connectivity index (χ2n) is 5.08. The fourth-order valence-electron chi connectivity index (χ4n) is 2.74. The Kier molecular flexibility index (Phi) is 4.72. The summed E-state index contributed by atoms with van der Waals surface area (Å²) in [4.78, 5) is 7.40. The number of imidazole rings is 1. The van der Waals surface area contributed by atoms with E-state index in [0.29, 0.717) is 11.0 Å². The lowest BCUT2D eigenvalue weighted by Gasteiger charge is -2.28. The Labute approximate surface area is 114 Å². The van der Waals surface area contributed by atoms with Crippen LogP contribution in [-0.2, 0) is 13.5 Å². The first-order valence-corrected chi connectivity index (χ1v) is 7.06. The van der Waals surface area contributed by atoms with Gasteiger partial charge in [0.2, 0.25) is 0 Å². The fraction of sp³-hybridized carbons (Fsp3) is 0.692. The van der Waals surface area contributed by atoms with E-state index < -0.39 is 0 Å². The van der Waals surface area contributed by atoms with Crippen LogP contribution in [0.3, 0.4) is 0 Å². The molecular formula is C13H22N4S. The standard InChI is InChI=1S/C13H22N4S/c1-16-9-7-15-13(16)6-8-17(10-12(14)18)11-4-2-3-5-11/h7,9,11H,2-6,8,10H2,1H3,(H2,14,18). The molecule has 0 saturated heterocycles. The quantitative estimate of drug-likeness (QED) is 0.793. The van der Waals surface area contributed by atoms with Crippen LogP contribution < -0.4 is 5.73 Å². The van der Waals surface area contributed by atoms with Crippen molar-refractivity contribution in [2.45, 2.75) is 38.1 Å². The molecule has 1 heterocycles. The van der Waals surface area contributed by atoms with Gasteiger partial charge in [-0.2, -0.15) is 0 Å². The molecular weight excluding hydrogens is 244 g/mol. The lowest BCUT2D eigenvalue weighted by Crippen LogP contribution is -2.40. The summed E-state index contributed by atoms with van der Waals surface area (Å²) >= 11 is 5.06. The molecule has 1 saturated carbocycles. The molecule has 1 fully saturated rings. The molecule has 0 unspecified atom stereocenters. The zero-order valence-corrected chi connectivity index (χ0v) is 11.8. The number of aryl methyl sites for hydroxylation is 1. The van der Waals surface area contributed by atoms with Crippen molar-refractivity contribution in [1.29, 1.82) is 0 Å². The molecule has 1 aromatic rings. The Bertz CT molecular complexity index is 395. The number of hydrogen-bond donors (Lipinski definition) is 1. The van der Waals surface area contributed by atoms with Gasteiger partial charge in [0, 0.05) is 45.0 Å². The lowest BCUT2D eigenvalue weighted by atomic mass is 10.2. The summed E-state index contributed by atoms with van der Waals surface area (Å²) in [6.07, 6.45) is 10.0. The van der Waals surface area contributed by atoms with E-state index in [9.17, 15) is 0 Å². The Balaban J connectivity index is 1.92. The second-order valence-corrected chi connectivity index (χ2v) is 5.60. The average molecular weight is 266 g/mol. The summed E-state index contributed by atoms with van der Waals surface area (Å²) in [7, 11) is 2.04. The van der Waals surface area contributed by atoms with Crippen molar-refractivity contribution in [2.24, 2.45) is 12.8 Å². The van der Waals surface area contributed by atoms with Gasteiger partial charge in [-0.15, -0.1) is 0 Å². The summed E-state index contributed by atoms with van der Waals surface area (Å²) < 4.78 is 2.08. The predicted octanol–water partition coefficient (Wildman–Crippen LogP) is 1.49. The maximum Gasteiger partial charge on any atom is 0.109 e. The van der Waals surface area contributed by atoms with Crippen LogP contribution >= 0.6 is 12.2 Å². The molecule has 0 aliphatic heterocycles. The molecule has 0 atom stereocenters. The fourth-order valence-corrected chi connectivity index (χ4v) is 2.91. The Hall–Kier alpha value is -0.940. The van der Waals surface area contributed by atoms with Gasteiger partial charge in [-0.05, 0) is 12.8 Å². The molecule has 0 aromatic carbocycles. The van der Waals surface area contributed by atoms with Crippen molar-refractivity contribution in [2.75, 3.05) is 13.1 Å². The highest BCUT2D eigenvalue weighted by Gasteiger charge is 2.22. The highest BCUT2D eigenvalue weighted by Crippen LogP contribution is 2.23. The Morgan fingerprint density at radius 2 is 2.28 bits per heavy atom. The third-order valence-corrected chi connectivity index (χ3v) is 3.87. The van der Waals surface area contributed by atoms with E-state index in [0.717, 1.165) is 25.3 Å². The minimum atomic E-state index is 0.599. The number of rotatable bonds is 6. The molecule has 1 aliphatic rings. The first-order valence-electron chi connectivity index (χ1n) is 6.65. The number of thiocarbonyl (C=S) groups is 1. The lowest BCUT2D eigenvalue weighted by molar-refractivity contribution is 0.228. The van der Waals surface area contributed by atoms with Gasteiger partial charge in [0.05, 0.1) is 4.99 Å². The van der Waals surface area contributed by atoms with Crippen LogP contribution in [0.5, 0.6) is 0 Å². The van der Waals surface area contributed by atoms with Crippen LogP contribution in [0.25, 0.3) is 0 Å². The minimum Gasteiger partial charge on any atom is -0.392 e. The van der Waals surface area contributed by atoms with Crippen LogP contribution in [0.4, 0.5) is 0 Å². The molecule has 5 heteroatoms. The van der Waals surface area contributed by atoms with Gasteiger partial charge in [-0.25, -0.2) is 4.98 Å². The van der Waals surface area contributed by atoms with E-state index in [1.54, 1.807) is 0 Å². The van der Waals surface area contributed by atoms with Crippen LogP contribution in [0.1, 0.15) is 31.5 Å². The van der Waals surface area contributed by atoms with Crippen molar-refractivity contribution in [1.82, 2.24) is 14.5 Å². The van der Waals surface area contributed by atoms with Gasteiger partial charge in [-0.3, -0.25) is 4.90 Å². The largest absolute Gasteiger partial charge is 0.392 e. The smallest absolute Gasteiger partial charge is 0.109 e. The maximum atomic E-state index is 5.71. The summed E-state index contributed by atoms with van der Waals surface area (Å²) in [5, 5.41) is 0. The van der Waals surface area contributed by atoms with E-state index in [4.69, 9.17) is 18.0 Å². The van der Waals surface area contributed by atoms with Crippen molar-refractivity contribution < 1.29 is 0 Å². The van der Waals surface area contributed by atoms with Gasteiger partial charge in [0.15, 0.2) is 0 Å². The third-order valence-electron chi connectivity index (χ3n) is 3.74. The molecule has 18 heavy (non-hydrogen) atoms. The maximum absolute atomic E-state index is 5.71. The highest BCUT2D eigenvalue weighted by atomic mass is 32.1. The van der Waals surface area contributed by atoms with Gasteiger partial charge in [-0.1, -0.05) is 25.1 Å². The molecule has 0 bridgehead atoms. The molecule has 2 N–H and O–H groups in total. The van der Waals surface area contributed by atoms with Crippen LogP contribution in [0, 0.1) is 0 Å². The molecule has 0 spiro atoms. The zero-order chi connectivity index (χ0) is 13.0. The number of nitrogens with two attached hydrogens (primary N) is 1. The molecule has 2 rings (SSSR count). The number of hydrogen-bond acceptors (Lipinski definition) is 3. The van der Waals surface area contributed by atoms with E-state index in [-0.39, 0.29) is 0 Å². The summed E-state index contributed by atoms with van der Waals surface area (Å²) in [6.45, 7) is 1.73. The van der Waals surface area contributed by atoms with Crippen molar-refractivity contribution in [3.8, 4) is 0 Å². The molecule has 1 aliphatic carbocycles. The van der Waals surface area contributed by atoms with Gasteiger partial charge >= 0.3 is 0 Å². The summed E-state index contributed by atoms with van der Waals surface area (Å²) in [5.41, 5.74) is 5.71. The Morgan fingerprint density at radius 3 is 2.83 bits per heavy atom. The number of nitrogens with zero attached hydrogens (tertiary/aromatic N) is 3. The molecule has 4 nitrogen and oxygen atoms in total. The van der Waals surface area contributed by atoms with Crippen molar-refractivity contribution in [3.63, 3.8) is 0 Å². The van der Waals surface area contributed by atoms with Crippen LogP contribution in [0.2, 0.25) is 0 Å². The zero-order valence-electron chi connectivity index (χ0n) is 11.0. The first-order chi connectivity index (χ1) is 8.66. The van der Waals surface area contributed by atoms with Gasteiger partial charge in [0.1, 0.15) is 5.82 Å². The van der Waals surface area contributed by atoms with E-state index in [2.05, 4.69) is 14.5 Å². The topological polar surface area (TPSA) is 47.1 Å². The number of aromatic nitrogens is 2. The third kappa shape index (κ3) is 3.53. The van der Waals surface area contributed by atoms with Gasteiger partial charge in [0.25, 0.3) is 0 Å². The molecule has 0 radical (unpaired) electrons. The summed E-state index contributed by atoms with van der Waals surface area (Å²) in [5.74, 6) is 1.13. The average Bonchev–Trinajstić information content (AvgIpc) is 2.95. The van der Waals surface area contributed by atoms with E-state index in [1.165, 1.54) is 25.7 Å². The minimum absolute atomic E-state index is 0.599. The molecule has 1 aromatic heterocycles. The van der Waals surface area contributed by atoms with Gasteiger partial charge < -0.3 is 10.3 Å². The van der Waals surface area contributed by atoms with E-state index >= 15 is 0 Å². The van der Waals surface area contributed by atoms with Crippen LogP contribution in [-0.4, -0.2) is 38.6 Å². The molecule has 100 valence electrons. The Morgan fingerprint density at radius 1 is 1.56 bits per heavy atom. The normalized spacial score (nSPS) is 16.6. The summed E-state index contributed by atoms with van der Waals surface area (Å²) in [6, 6.07) is 0.659. The first kappa shape index (κ1) is 13.5. The van der Waals surface area contributed by atoms with Crippen molar-refractivity contribution in [3.05, 3.63) is 18.2 Å².